The SMILES string of the molecule is C=CCO[C@H]1O[C@@H]2CO[C@@H](c3ccccc3)O[C@H]2[C@H](OCC=C)[C@H]1O. The molecule has 2 saturated heterocycles. The third-order valence-electron chi connectivity index (χ3n) is 4.16. The second-order valence-corrected chi connectivity index (χ2v) is 5.92. The van der Waals surface area contributed by atoms with Gasteiger partial charge in [0.1, 0.15) is 24.4 Å². The number of hydrogen-bond donors (Lipinski definition) is 1. The van der Waals surface area contributed by atoms with Crippen LogP contribution in [0.5, 0.6) is 0 Å². The van der Waals surface area contributed by atoms with Gasteiger partial charge in [-0.1, -0.05) is 42.5 Å². The second-order valence-electron chi connectivity index (χ2n) is 5.92. The molecule has 1 aromatic rings. The van der Waals surface area contributed by atoms with Crippen molar-refractivity contribution in [3.8, 4) is 0 Å². The van der Waals surface area contributed by atoms with Crippen LogP contribution in [0.25, 0.3) is 0 Å². The summed E-state index contributed by atoms with van der Waals surface area (Å²) in [7, 11) is 0. The molecule has 6 heteroatoms. The zero-order chi connectivity index (χ0) is 17.6. The highest BCUT2D eigenvalue weighted by molar-refractivity contribution is 5.16. The summed E-state index contributed by atoms with van der Waals surface area (Å²) in [6, 6.07) is 9.64. The van der Waals surface area contributed by atoms with Gasteiger partial charge in [0.05, 0.1) is 19.8 Å². The van der Waals surface area contributed by atoms with Gasteiger partial charge in [0.25, 0.3) is 0 Å². The summed E-state index contributed by atoms with van der Waals surface area (Å²) in [5, 5.41) is 10.6. The largest absolute Gasteiger partial charge is 0.385 e. The molecule has 0 unspecified atom stereocenters. The van der Waals surface area contributed by atoms with E-state index in [9.17, 15) is 5.11 Å². The zero-order valence-electron chi connectivity index (χ0n) is 14.0. The number of aliphatic hydroxyl groups excluding tert-OH is 1. The van der Waals surface area contributed by atoms with E-state index in [1.54, 1.807) is 12.2 Å². The Bertz CT molecular complexity index is 562. The fraction of sp³-hybridized carbons (Fsp3) is 0.474. The number of ether oxygens (including phenoxy) is 5. The summed E-state index contributed by atoms with van der Waals surface area (Å²) in [6.07, 6.45) is -0.595. The number of aliphatic hydroxyl groups is 1. The summed E-state index contributed by atoms with van der Waals surface area (Å²) >= 11 is 0. The molecule has 6 nitrogen and oxygen atoms in total. The average Bonchev–Trinajstić information content (AvgIpc) is 2.66. The molecule has 2 heterocycles. The monoisotopic (exact) mass is 348 g/mol. The maximum atomic E-state index is 10.6. The lowest BCUT2D eigenvalue weighted by Gasteiger charge is -2.47. The van der Waals surface area contributed by atoms with Crippen molar-refractivity contribution >= 4 is 0 Å². The van der Waals surface area contributed by atoms with Crippen molar-refractivity contribution in [2.75, 3.05) is 19.8 Å². The average molecular weight is 348 g/mol. The molecule has 0 radical (unpaired) electrons. The fourth-order valence-corrected chi connectivity index (χ4v) is 3.01. The Balaban J connectivity index is 1.75. The van der Waals surface area contributed by atoms with E-state index < -0.39 is 37.0 Å². The van der Waals surface area contributed by atoms with E-state index in [0.29, 0.717) is 13.2 Å². The third-order valence-corrected chi connectivity index (χ3v) is 4.16. The summed E-state index contributed by atoms with van der Waals surface area (Å²) in [4.78, 5) is 0. The van der Waals surface area contributed by atoms with Gasteiger partial charge in [-0.3, -0.25) is 0 Å². The van der Waals surface area contributed by atoms with Gasteiger partial charge in [0.15, 0.2) is 12.6 Å². The molecule has 2 fully saturated rings. The molecule has 2 aliphatic heterocycles. The molecule has 3 rings (SSSR count). The fourth-order valence-electron chi connectivity index (χ4n) is 3.01. The first-order valence-electron chi connectivity index (χ1n) is 8.35. The first-order chi connectivity index (χ1) is 12.2. The molecule has 0 aromatic heterocycles. The van der Waals surface area contributed by atoms with Crippen LogP contribution < -0.4 is 0 Å². The maximum Gasteiger partial charge on any atom is 0.187 e. The van der Waals surface area contributed by atoms with E-state index in [0.717, 1.165) is 5.56 Å². The van der Waals surface area contributed by atoms with Crippen LogP contribution in [-0.4, -0.2) is 55.6 Å². The van der Waals surface area contributed by atoms with Crippen LogP contribution in [0, 0.1) is 0 Å². The molecule has 25 heavy (non-hydrogen) atoms. The van der Waals surface area contributed by atoms with Gasteiger partial charge in [-0.25, -0.2) is 0 Å². The van der Waals surface area contributed by atoms with Crippen LogP contribution in [0.15, 0.2) is 55.6 Å². The molecular formula is C19H24O6. The van der Waals surface area contributed by atoms with E-state index in [4.69, 9.17) is 23.7 Å². The molecule has 1 N–H and O–H groups in total. The highest BCUT2D eigenvalue weighted by Crippen LogP contribution is 2.35. The van der Waals surface area contributed by atoms with E-state index in [2.05, 4.69) is 13.2 Å². The van der Waals surface area contributed by atoms with Crippen LogP contribution in [0.1, 0.15) is 11.9 Å². The van der Waals surface area contributed by atoms with Crippen molar-refractivity contribution in [3.63, 3.8) is 0 Å². The van der Waals surface area contributed by atoms with Gasteiger partial charge in [0.2, 0.25) is 0 Å². The molecule has 6 atom stereocenters. The van der Waals surface area contributed by atoms with Crippen LogP contribution in [0.2, 0.25) is 0 Å². The molecule has 1 aromatic carbocycles. The van der Waals surface area contributed by atoms with E-state index in [1.807, 2.05) is 30.3 Å². The topological polar surface area (TPSA) is 66.4 Å². The zero-order valence-corrected chi connectivity index (χ0v) is 14.0. The Morgan fingerprint density at radius 2 is 1.80 bits per heavy atom. The van der Waals surface area contributed by atoms with Crippen molar-refractivity contribution in [1.29, 1.82) is 0 Å². The summed E-state index contributed by atoms with van der Waals surface area (Å²) in [6.45, 7) is 8.14. The minimum absolute atomic E-state index is 0.266. The van der Waals surface area contributed by atoms with Gasteiger partial charge < -0.3 is 28.8 Å². The van der Waals surface area contributed by atoms with Crippen molar-refractivity contribution in [3.05, 3.63) is 61.2 Å². The Morgan fingerprint density at radius 1 is 1.08 bits per heavy atom. The standard InChI is InChI=1S/C19H24O6/c1-3-10-21-17-15(20)19(22-11-4-2)24-14-12-23-18(25-16(14)17)13-8-6-5-7-9-13/h3-9,14-20H,1-2,10-12H2/t14-,15-,16-,17-,18-,19+/m1/s1. The number of fused-ring (bicyclic) bond motifs is 1. The maximum absolute atomic E-state index is 10.6. The molecular weight excluding hydrogens is 324 g/mol. The van der Waals surface area contributed by atoms with Gasteiger partial charge in [-0.15, -0.1) is 13.2 Å². The Morgan fingerprint density at radius 3 is 2.52 bits per heavy atom. The van der Waals surface area contributed by atoms with Gasteiger partial charge in [0, 0.05) is 5.56 Å². The van der Waals surface area contributed by atoms with E-state index in [1.165, 1.54) is 0 Å². The summed E-state index contributed by atoms with van der Waals surface area (Å²) in [5.41, 5.74) is 0.906. The summed E-state index contributed by atoms with van der Waals surface area (Å²) < 4.78 is 29.0. The van der Waals surface area contributed by atoms with E-state index >= 15 is 0 Å². The first-order valence-corrected chi connectivity index (χ1v) is 8.35. The molecule has 2 aliphatic rings. The number of hydrogen-bond acceptors (Lipinski definition) is 6. The molecule has 0 aliphatic carbocycles. The lowest BCUT2D eigenvalue weighted by atomic mass is 9.97. The smallest absolute Gasteiger partial charge is 0.187 e. The quantitative estimate of drug-likeness (QED) is 0.760. The minimum Gasteiger partial charge on any atom is -0.385 e. The Kier molecular flexibility index (Phi) is 6.36. The predicted molar refractivity (Wildman–Crippen MR) is 90.8 cm³/mol. The van der Waals surface area contributed by atoms with Crippen molar-refractivity contribution in [2.24, 2.45) is 0 Å². The highest BCUT2D eigenvalue weighted by atomic mass is 16.8. The van der Waals surface area contributed by atoms with Gasteiger partial charge in [-0.05, 0) is 0 Å². The number of benzene rings is 1. The van der Waals surface area contributed by atoms with Crippen LogP contribution >= 0.6 is 0 Å². The summed E-state index contributed by atoms with van der Waals surface area (Å²) in [5.74, 6) is 0. The second kappa shape index (κ2) is 8.71. The normalized spacial score (nSPS) is 34.9. The molecule has 0 amide bonds. The number of rotatable bonds is 7. The van der Waals surface area contributed by atoms with E-state index in [-0.39, 0.29) is 6.61 Å². The lowest BCUT2D eigenvalue weighted by Crippen LogP contribution is -2.63. The lowest BCUT2D eigenvalue weighted by molar-refractivity contribution is -0.363. The van der Waals surface area contributed by atoms with Crippen molar-refractivity contribution in [1.82, 2.24) is 0 Å². The third kappa shape index (κ3) is 4.17. The molecule has 0 bridgehead atoms. The van der Waals surface area contributed by atoms with Gasteiger partial charge in [-0.2, -0.15) is 0 Å². The predicted octanol–water partition coefficient (Wildman–Crippen LogP) is 1.96. The van der Waals surface area contributed by atoms with Crippen LogP contribution in [0.3, 0.4) is 0 Å². The molecule has 136 valence electrons. The van der Waals surface area contributed by atoms with Crippen molar-refractivity contribution < 1.29 is 28.8 Å². The minimum atomic E-state index is -0.990. The highest BCUT2D eigenvalue weighted by Gasteiger charge is 2.50. The Labute approximate surface area is 147 Å². The van der Waals surface area contributed by atoms with Gasteiger partial charge >= 0.3 is 0 Å². The van der Waals surface area contributed by atoms with Crippen LogP contribution in [-0.2, 0) is 23.7 Å². The Hall–Kier alpha value is -1.54. The molecule has 0 spiro atoms. The van der Waals surface area contributed by atoms with Crippen LogP contribution in [0.4, 0.5) is 0 Å². The first kappa shape index (κ1) is 18.3. The molecule has 0 saturated carbocycles. The van der Waals surface area contributed by atoms with Crippen molar-refractivity contribution in [2.45, 2.75) is 37.0 Å².